The Hall–Kier alpha value is -4.23. The lowest BCUT2D eigenvalue weighted by Crippen LogP contribution is -2.48. The molecule has 1 N–H and O–H groups in total. The van der Waals surface area contributed by atoms with Crippen molar-refractivity contribution in [3.63, 3.8) is 0 Å². The van der Waals surface area contributed by atoms with Gasteiger partial charge in [-0.05, 0) is 61.0 Å². The summed E-state index contributed by atoms with van der Waals surface area (Å²) in [7, 11) is 3.04. The summed E-state index contributed by atoms with van der Waals surface area (Å²) in [5.41, 5.74) is -0.513. The largest absolute Gasteiger partial charge is 0.495 e. The molecule has 3 saturated carbocycles. The number of Topliss-reactive ketones (excluding diaryl/α,β-unsaturated/α-hetero) is 1. The summed E-state index contributed by atoms with van der Waals surface area (Å²) in [5.74, 6) is -1.30. The van der Waals surface area contributed by atoms with E-state index in [0.717, 1.165) is 12.8 Å². The number of hydrogen-bond donors (Lipinski definition) is 1. The zero-order valence-corrected chi connectivity index (χ0v) is 32.7. The highest BCUT2D eigenvalue weighted by Crippen LogP contribution is 2.57. The quantitative estimate of drug-likeness (QED) is 0.133. The van der Waals surface area contributed by atoms with E-state index in [1.807, 2.05) is 20.8 Å². The van der Waals surface area contributed by atoms with Gasteiger partial charge < -0.3 is 29.0 Å². The van der Waals surface area contributed by atoms with Crippen LogP contribution in [-0.4, -0.2) is 82.6 Å². The third-order valence-corrected chi connectivity index (χ3v) is 12.9. The fourth-order valence-electron chi connectivity index (χ4n) is 8.39. The number of aromatic nitrogens is 2. The lowest BCUT2D eigenvalue weighted by atomic mass is 9.77. The molecule has 54 heavy (non-hydrogen) atoms. The number of esters is 1. The molecule has 1 amide bonds. The monoisotopic (exact) mass is 779 g/mol. The predicted octanol–water partition coefficient (Wildman–Crippen LogP) is 7.01. The Morgan fingerprint density at radius 2 is 1.80 bits per heavy atom. The Morgan fingerprint density at radius 3 is 2.41 bits per heavy atom. The second kappa shape index (κ2) is 14.4. The number of aliphatic carboxylic acids is 1. The third kappa shape index (κ3) is 7.28. The minimum absolute atomic E-state index is 0.0291. The number of likely N-dealkylation sites (tertiary alicyclic amines) is 1. The summed E-state index contributed by atoms with van der Waals surface area (Å²) >= 11 is 8.08. The molecule has 8 atom stereocenters. The summed E-state index contributed by atoms with van der Waals surface area (Å²) in [5, 5.41) is 13.3. The first-order valence-corrected chi connectivity index (χ1v) is 19.6. The van der Waals surface area contributed by atoms with Gasteiger partial charge in [0.2, 0.25) is 5.91 Å². The zero-order chi connectivity index (χ0) is 38.7. The number of benzene rings is 1. The molecule has 0 bridgehead atoms. The number of nitrogens with zero attached hydrogens (tertiary/aromatic N) is 3. The summed E-state index contributed by atoms with van der Waals surface area (Å²) in [4.78, 5) is 65.5. The molecule has 4 fully saturated rings. The van der Waals surface area contributed by atoms with Gasteiger partial charge in [0.25, 0.3) is 5.19 Å². The number of carbonyl (C=O) groups excluding carboxylic acids is 3. The molecule has 3 heterocycles. The zero-order valence-electron chi connectivity index (χ0n) is 31.1. The van der Waals surface area contributed by atoms with Gasteiger partial charge in [-0.25, -0.2) is 9.97 Å². The number of hydrogen-bond acceptors (Lipinski definition) is 11. The highest BCUT2D eigenvalue weighted by Gasteiger charge is 2.61. The van der Waals surface area contributed by atoms with Crippen LogP contribution in [0.5, 0.6) is 16.7 Å². The minimum atomic E-state index is -1.26. The van der Waals surface area contributed by atoms with E-state index < -0.39 is 40.8 Å². The SMILES string of the molecule is C=C[C@@H]1C[C@]1(CC(=O)[C@@H]1C[C@@H](Oc2cc(-c3csc(OC)n3)nc3c(Cl)c(OC)ccc23)CN1C(=O)[C@@H](CC(=O)OC1C[C@@H]2C[C@@H]2C1)C(C)(C)C)C(=O)O. The molecule has 1 aromatic carbocycles. The number of ketones is 1. The molecule has 3 aromatic rings. The van der Waals surface area contributed by atoms with Crippen molar-refractivity contribution >= 4 is 57.5 Å². The molecule has 2 aromatic heterocycles. The molecule has 0 radical (unpaired) electrons. The maximum Gasteiger partial charge on any atom is 0.310 e. The molecular weight excluding hydrogens is 734 g/mol. The number of rotatable bonds is 14. The number of fused-ring (bicyclic) bond motifs is 2. The highest BCUT2D eigenvalue weighted by molar-refractivity contribution is 7.11. The number of allylic oxidation sites excluding steroid dienone is 1. The molecule has 1 saturated heterocycles. The fraction of sp³-hybridized carbons (Fsp3) is 0.550. The van der Waals surface area contributed by atoms with E-state index in [1.165, 1.54) is 36.9 Å². The number of thiazole rings is 1. The Labute approximate surface area is 323 Å². The maximum absolute atomic E-state index is 14.7. The molecule has 4 aliphatic rings. The normalized spacial score (nSPS) is 27.6. The van der Waals surface area contributed by atoms with E-state index in [0.29, 0.717) is 57.2 Å². The first-order chi connectivity index (χ1) is 25.6. The van der Waals surface area contributed by atoms with Crippen molar-refractivity contribution in [1.82, 2.24) is 14.9 Å². The van der Waals surface area contributed by atoms with Crippen LogP contribution in [0.4, 0.5) is 0 Å². The van der Waals surface area contributed by atoms with Gasteiger partial charge in [0.15, 0.2) is 5.78 Å². The highest BCUT2D eigenvalue weighted by atomic mass is 35.5. The number of pyridine rings is 1. The van der Waals surface area contributed by atoms with Gasteiger partial charge in [-0.1, -0.05) is 49.8 Å². The molecule has 1 unspecified atom stereocenters. The molecule has 0 spiro atoms. The minimum Gasteiger partial charge on any atom is -0.495 e. The number of carboxylic acid groups (broad SMARTS) is 1. The van der Waals surface area contributed by atoms with Crippen molar-refractivity contribution in [3.05, 3.63) is 41.3 Å². The smallest absolute Gasteiger partial charge is 0.310 e. The molecule has 1 aliphatic heterocycles. The van der Waals surface area contributed by atoms with Crippen molar-refractivity contribution in [3.8, 4) is 28.1 Å². The van der Waals surface area contributed by atoms with Crippen molar-refractivity contribution in [2.24, 2.45) is 34.5 Å². The average Bonchev–Trinajstić information content (AvgIpc) is 3.78. The fourth-order valence-corrected chi connectivity index (χ4v) is 9.31. The van der Waals surface area contributed by atoms with Crippen molar-refractivity contribution in [2.45, 2.75) is 84.0 Å². The number of halogens is 1. The maximum atomic E-state index is 14.7. The van der Waals surface area contributed by atoms with Gasteiger partial charge in [-0.15, -0.1) is 6.58 Å². The van der Waals surface area contributed by atoms with Crippen LogP contribution < -0.4 is 14.2 Å². The Kier molecular flexibility index (Phi) is 10.2. The summed E-state index contributed by atoms with van der Waals surface area (Å²) < 4.78 is 23.3. The van der Waals surface area contributed by atoms with Gasteiger partial charge in [-0.3, -0.25) is 19.2 Å². The number of carbonyl (C=O) groups is 4. The Bertz CT molecular complexity index is 2000. The molecular formula is C40H46ClN3O9S. The van der Waals surface area contributed by atoms with Crippen LogP contribution in [0.3, 0.4) is 0 Å². The van der Waals surface area contributed by atoms with Crippen LogP contribution >= 0.6 is 22.9 Å². The van der Waals surface area contributed by atoms with Gasteiger partial charge >= 0.3 is 11.9 Å². The third-order valence-electron chi connectivity index (χ3n) is 11.7. The van der Waals surface area contributed by atoms with E-state index in [2.05, 4.69) is 11.6 Å². The van der Waals surface area contributed by atoms with Gasteiger partial charge in [-0.2, -0.15) is 0 Å². The molecule has 288 valence electrons. The average molecular weight is 780 g/mol. The molecule has 3 aliphatic carbocycles. The topological polar surface area (TPSA) is 154 Å². The van der Waals surface area contributed by atoms with Crippen molar-refractivity contribution in [2.75, 3.05) is 20.8 Å². The van der Waals surface area contributed by atoms with Crippen LogP contribution in [0.25, 0.3) is 22.3 Å². The summed E-state index contributed by atoms with van der Waals surface area (Å²) in [6.07, 6.45) is 3.71. The predicted molar refractivity (Wildman–Crippen MR) is 202 cm³/mol. The van der Waals surface area contributed by atoms with Crippen molar-refractivity contribution < 1.29 is 43.2 Å². The van der Waals surface area contributed by atoms with Crippen LogP contribution in [0.1, 0.15) is 65.7 Å². The van der Waals surface area contributed by atoms with Crippen LogP contribution in [0.15, 0.2) is 36.2 Å². The summed E-state index contributed by atoms with van der Waals surface area (Å²) in [6, 6.07) is 4.25. The number of methoxy groups -OCH3 is 2. The number of carboxylic acids is 1. The molecule has 7 rings (SSSR count). The van der Waals surface area contributed by atoms with Gasteiger partial charge in [0.1, 0.15) is 34.4 Å². The number of amides is 1. The van der Waals surface area contributed by atoms with Crippen LogP contribution in [-0.2, 0) is 23.9 Å². The lowest BCUT2D eigenvalue weighted by molar-refractivity contribution is -0.157. The molecule has 14 heteroatoms. The first-order valence-electron chi connectivity index (χ1n) is 18.4. The molecule has 12 nitrogen and oxygen atoms in total. The Balaban J connectivity index is 1.20. The van der Waals surface area contributed by atoms with E-state index in [9.17, 15) is 24.3 Å². The van der Waals surface area contributed by atoms with E-state index >= 15 is 0 Å². The Morgan fingerprint density at radius 1 is 1.06 bits per heavy atom. The van der Waals surface area contributed by atoms with Gasteiger partial charge in [0, 0.05) is 29.7 Å². The van der Waals surface area contributed by atoms with Crippen molar-refractivity contribution in [1.29, 1.82) is 0 Å². The first kappa shape index (κ1) is 38.1. The lowest BCUT2D eigenvalue weighted by Gasteiger charge is -2.35. The summed E-state index contributed by atoms with van der Waals surface area (Å²) in [6.45, 7) is 9.47. The van der Waals surface area contributed by atoms with Crippen LogP contribution in [0, 0.1) is 34.5 Å². The van der Waals surface area contributed by atoms with E-state index in [-0.39, 0.29) is 54.5 Å². The second-order valence-electron chi connectivity index (χ2n) is 16.3. The standard InChI is InChI=1S/C40H46ClN3O9S/c1-7-22-16-40(22,37(48)49)17-30(45)29-13-24(18-44(29)36(47)26(39(2,3)4)14-33(46)53-23-11-20-10-21(20)12-23)52-32-15-27(28-19-54-38(43-28)51-6)42-35-25(32)8-9-31(50-5)34(35)41/h7-9,15,19-24,26,29H,1,10-14,16-18H2,2-6H3,(H,48,49)/t20-,21+,22-,23?,24-,26-,29+,40-/m1/s1. The van der Waals surface area contributed by atoms with Gasteiger partial charge in [0.05, 0.1) is 55.8 Å². The number of ether oxygens (including phenoxy) is 4. The van der Waals surface area contributed by atoms with E-state index in [1.54, 1.807) is 29.7 Å². The second-order valence-corrected chi connectivity index (χ2v) is 17.5. The van der Waals surface area contributed by atoms with Crippen LogP contribution in [0.2, 0.25) is 5.02 Å². The van der Waals surface area contributed by atoms with E-state index in [4.69, 9.17) is 35.5 Å².